The van der Waals surface area contributed by atoms with Crippen molar-refractivity contribution in [1.29, 1.82) is 0 Å². The lowest BCUT2D eigenvalue weighted by Crippen LogP contribution is -2.50. The first-order chi connectivity index (χ1) is 12.3. The van der Waals surface area contributed by atoms with E-state index in [1.165, 1.54) is 14.0 Å². The van der Waals surface area contributed by atoms with E-state index in [9.17, 15) is 14.7 Å². The van der Waals surface area contributed by atoms with Gasteiger partial charge in [0.15, 0.2) is 6.10 Å². The summed E-state index contributed by atoms with van der Waals surface area (Å²) >= 11 is 0. The lowest BCUT2D eigenvalue weighted by atomic mass is 9.79. The number of benzene rings is 1. The molecular formula is C19H27NO6. The Morgan fingerprint density at radius 1 is 1.19 bits per heavy atom. The Morgan fingerprint density at radius 3 is 2.46 bits per heavy atom. The quantitative estimate of drug-likeness (QED) is 0.778. The Balaban J connectivity index is 2.28. The summed E-state index contributed by atoms with van der Waals surface area (Å²) in [6.45, 7) is 7.25. The standard InChI is InChI=1S/C19H27NO6/c1-10-11(2)17(18(23)24-5)26-19(12(10)3)25-16-7-6-14(9-21)8-15(16)20-13(4)22/h6-8,10-12,17,19,21H,9H2,1-5H3,(H,20,22). The molecule has 7 heteroatoms. The van der Waals surface area contributed by atoms with Crippen molar-refractivity contribution in [3.05, 3.63) is 23.8 Å². The van der Waals surface area contributed by atoms with E-state index in [1.807, 2.05) is 20.8 Å². The predicted octanol–water partition coefficient (Wildman–Crippen LogP) is 2.32. The smallest absolute Gasteiger partial charge is 0.335 e. The fraction of sp³-hybridized carbons (Fsp3) is 0.579. The van der Waals surface area contributed by atoms with Crippen molar-refractivity contribution < 1.29 is 28.9 Å². The number of carbonyl (C=O) groups is 2. The van der Waals surface area contributed by atoms with Gasteiger partial charge in [-0.2, -0.15) is 0 Å². The molecule has 1 amide bonds. The van der Waals surface area contributed by atoms with E-state index in [0.717, 1.165) is 0 Å². The molecule has 0 bridgehead atoms. The first-order valence-electron chi connectivity index (χ1n) is 8.69. The van der Waals surface area contributed by atoms with Crippen LogP contribution in [0, 0.1) is 17.8 Å². The van der Waals surface area contributed by atoms with Crippen LogP contribution in [-0.4, -0.2) is 36.5 Å². The van der Waals surface area contributed by atoms with Crippen LogP contribution in [-0.2, 0) is 25.7 Å². The summed E-state index contributed by atoms with van der Waals surface area (Å²) < 4.78 is 16.8. The van der Waals surface area contributed by atoms with Crippen LogP contribution in [0.15, 0.2) is 18.2 Å². The Labute approximate surface area is 153 Å². The molecule has 1 saturated heterocycles. The van der Waals surface area contributed by atoms with Gasteiger partial charge in [0.25, 0.3) is 0 Å². The molecule has 0 aliphatic carbocycles. The molecule has 26 heavy (non-hydrogen) atoms. The van der Waals surface area contributed by atoms with E-state index in [1.54, 1.807) is 18.2 Å². The van der Waals surface area contributed by atoms with Gasteiger partial charge in [0.1, 0.15) is 5.75 Å². The summed E-state index contributed by atoms with van der Waals surface area (Å²) in [4.78, 5) is 23.5. The van der Waals surface area contributed by atoms with Crippen LogP contribution in [0.2, 0.25) is 0 Å². The van der Waals surface area contributed by atoms with Crippen molar-refractivity contribution in [2.75, 3.05) is 12.4 Å². The normalized spacial score (nSPS) is 28.3. The maximum Gasteiger partial charge on any atom is 0.335 e. The number of hydrogen-bond donors (Lipinski definition) is 2. The van der Waals surface area contributed by atoms with E-state index < -0.39 is 18.4 Å². The summed E-state index contributed by atoms with van der Waals surface area (Å²) in [5.74, 6) is -0.0876. The number of ether oxygens (including phenoxy) is 3. The van der Waals surface area contributed by atoms with Gasteiger partial charge < -0.3 is 24.6 Å². The van der Waals surface area contributed by atoms with Crippen LogP contribution in [0.5, 0.6) is 5.75 Å². The summed E-state index contributed by atoms with van der Waals surface area (Å²) in [5, 5.41) is 12.0. The second-order valence-electron chi connectivity index (χ2n) is 6.81. The van der Waals surface area contributed by atoms with E-state index in [4.69, 9.17) is 14.2 Å². The molecule has 1 aromatic rings. The Morgan fingerprint density at radius 2 is 1.88 bits per heavy atom. The number of aliphatic hydroxyl groups is 1. The molecule has 1 aliphatic heterocycles. The average Bonchev–Trinajstić information content (AvgIpc) is 2.62. The third-order valence-electron chi connectivity index (χ3n) is 5.06. The number of anilines is 1. The van der Waals surface area contributed by atoms with Gasteiger partial charge in [0.2, 0.25) is 12.2 Å². The Bertz CT molecular complexity index is 661. The van der Waals surface area contributed by atoms with Gasteiger partial charge in [-0.05, 0) is 29.5 Å². The van der Waals surface area contributed by atoms with Crippen molar-refractivity contribution in [3.8, 4) is 5.75 Å². The van der Waals surface area contributed by atoms with Gasteiger partial charge in [0.05, 0.1) is 19.4 Å². The fourth-order valence-corrected chi connectivity index (χ4v) is 3.11. The lowest BCUT2D eigenvalue weighted by Gasteiger charge is -2.42. The molecule has 144 valence electrons. The number of aliphatic hydroxyl groups excluding tert-OH is 1. The first kappa shape index (κ1) is 20.2. The van der Waals surface area contributed by atoms with Crippen LogP contribution in [0.4, 0.5) is 5.69 Å². The largest absolute Gasteiger partial charge is 0.467 e. The molecule has 1 aliphatic rings. The molecule has 0 radical (unpaired) electrons. The summed E-state index contributed by atoms with van der Waals surface area (Å²) in [5.41, 5.74) is 1.09. The van der Waals surface area contributed by atoms with E-state index >= 15 is 0 Å². The number of nitrogens with one attached hydrogen (secondary N) is 1. The SMILES string of the molecule is COC(=O)C1OC(Oc2ccc(CO)cc2NC(C)=O)C(C)C(C)C1C. The maximum atomic E-state index is 12.0. The minimum Gasteiger partial charge on any atom is -0.467 e. The number of methoxy groups -OCH3 is 1. The third-order valence-corrected chi connectivity index (χ3v) is 5.06. The Kier molecular flexibility index (Phi) is 6.61. The van der Waals surface area contributed by atoms with Crippen LogP contribution in [0.1, 0.15) is 33.3 Å². The Hall–Kier alpha value is -2.12. The molecule has 0 spiro atoms. The highest BCUT2D eigenvalue weighted by Gasteiger charge is 2.44. The van der Waals surface area contributed by atoms with Crippen molar-refractivity contribution in [1.82, 2.24) is 0 Å². The minimum absolute atomic E-state index is 0.0103. The third kappa shape index (κ3) is 4.34. The van der Waals surface area contributed by atoms with Gasteiger partial charge in [0, 0.05) is 12.8 Å². The topological polar surface area (TPSA) is 94.1 Å². The fourth-order valence-electron chi connectivity index (χ4n) is 3.11. The van der Waals surface area contributed by atoms with Gasteiger partial charge >= 0.3 is 5.97 Å². The highest BCUT2D eigenvalue weighted by atomic mass is 16.7. The van der Waals surface area contributed by atoms with Crippen molar-refractivity contribution in [2.24, 2.45) is 17.8 Å². The second-order valence-corrected chi connectivity index (χ2v) is 6.81. The number of hydrogen-bond acceptors (Lipinski definition) is 6. The van der Waals surface area contributed by atoms with Gasteiger partial charge in [-0.1, -0.05) is 26.8 Å². The van der Waals surface area contributed by atoms with Crippen LogP contribution in [0.3, 0.4) is 0 Å². The minimum atomic E-state index is -0.711. The van der Waals surface area contributed by atoms with Crippen LogP contribution < -0.4 is 10.1 Å². The van der Waals surface area contributed by atoms with Crippen molar-refractivity contribution in [2.45, 2.75) is 46.7 Å². The molecule has 5 unspecified atom stereocenters. The maximum absolute atomic E-state index is 12.0. The molecule has 0 aromatic heterocycles. The van der Waals surface area contributed by atoms with Crippen LogP contribution in [0.25, 0.3) is 0 Å². The van der Waals surface area contributed by atoms with Crippen molar-refractivity contribution >= 4 is 17.6 Å². The number of amides is 1. The molecule has 1 fully saturated rings. The zero-order valence-electron chi connectivity index (χ0n) is 15.8. The first-order valence-corrected chi connectivity index (χ1v) is 8.69. The van der Waals surface area contributed by atoms with E-state index in [0.29, 0.717) is 17.0 Å². The monoisotopic (exact) mass is 365 g/mol. The number of rotatable bonds is 5. The molecule has 1 heterocycles. The molecular weight excluding hydrogens is 338 g/mol. The summed E-state index contributed by atoms with van der Waals surface area (Å²) in [6.07, 6.45) is -1.38. The highest BCUT2D eigenvalue weighted by molar-refractivity contribution is 5.90. The zero-order valence-corrected chi connectivity index (χ0v) is 15.8. The highest BCUT2D eigenvalue weighted by Crippen LogP contribution is 2.38. The molecule has 7 nitrogen and oxygen atoms in total. The van der Waals surface area contributed by atoms with E-state index in [2.05, 4.69) is 5.32 Å². The number of carbonyl (C=O) groups excluding carboxylic acids is 2. The zero-order chi connectivity index (χ0) is 19.4. The van der Waals surface area contributed by atoms with Gasteiger partial charge in [-0.25, -0.2) is 4.79 Å². The molecule has 5 atom stereocenters. The average molecular weight is 365 g/mol. The number of esters is 1. The molecule has 0 saturated carbocycles. The van der Waals surface area contributed by atoms with Gasteiger partial charge in [-0.3, -0.25) is 4.79 Å². The lowest BCUT2D eigenvalue weighted by molar-refractivity contribution is -0.221. The second kappa shape index (κ2) is 8.51. The summed E-state index contributed by atoms with van der Waals surface area (Å²) in [6, 6.07) is 5.02. The molecule has 2 rings (SSSR count). The van der Waals surface area contributed by atoms with E-state index in [-0.39, 0.29) is 30.3 Å². The van der Waals surface area contributed by atoms with Crippen LogP contribution >= 0.6 is 0 Å². The predicted molar refractivity (Wildman–Crippen MR) is 95.5 cm³/mol. The van der Waals surface area contributed by atoms with Gasteiger partial charge in [-0.15, -0.1) is 0 Å². The van der Waals surface area contributed by atoms with Crippen molar-refractivity contribution in [3.63, 3.8) is 0 Å². The molecule has 2 N–H and O–H groups in total. The summed E-state index contributed by atoms with van der Waals surface area (Å²) in [7, 11) is 1.33. The molecule has 1 aromatic carbocycles.